The van der Waals surface area contributed by atoms with Gasteiger partial charge in [-0.3, -0.25) is 14.4 Å². The zero-order chi connectivity index (χ0) is 20.4. The van der Waals surface area contributed by atoms with Gasteiger partial charge in [0.05, 0.1) is 18.6 Å². The Kier molecular flexibility index (Phi) is 8.84. The Hall–Kier alpha value is -2.51. The first-order chi connectivity index (χ1) is 12.6. The Morgan fingerprint density at radius 3 is 2.44 bits per heavy atom. The van der Waals surface area contributed by atoms with Crippen LogP contribution in [-0.2, 0) is 25.7 Å². The highest BCUT2D eigenvalue weighted by Crippen LogP contribution is 2.24. The molecular weight excluding hydrogens is 356 g/mol. The Balaban J connectivity index is 2.46. The van der Waals surface area contributed by atoms with Crippen molar-refractivity contribution in [2.75, 3.05) is 13.2 Å². The van der Waals surface area contributed by atoms with Crippen LogP contribution in [0.4, 0.5) is 0 Å². The molecule has 0 aliphatic rings. The standard InChI is InChI=1S/C19H28O8/c1-5-24-15(21)9-7-6-8-10-25-16-14(20)11-13(27-17(16)22)12-26-18(23)19(2,3)4/h11,22H,5-10,12H2,1-4H3. The number of hydrogen-bond donors (Lipinski definition) is 1. The van der Waals surface area contributed by atoms with Crippen LogP contribution in [0.15, 0.2) is 15.3 Å². The van der Waals surface area contributed by atoms with E-state index in [9.17, 15) is 19.5 Å². The smallest absolute Gasteiger partial charge is 0.330 e. The van der Waals surface area contributed by atoms with E-state index in [1.54, 1.807) is 27.7 Å². The van der Waals surface area contributed by atoms with Crippen LogP contribution < -0.4 is 10.2 Å². The van der Waals surface area contributed by atoms with Gasteiger partial charge in [-0.2, -0.15) is 0 Å². The molecule has 1 aromatic heterocycles. The Morgan fingerprint density at radius 2 is 1.85 bits per heavy atom. The highest BCUT2D eigenvalue weighted by atomic mass is 16.6. The second kappa shape index (κ2) is 10.6. The fourth-order valence-electron chi connectivity index (χ4n) is 2.03. The van der Waals surface area contributed by atoms with Crippen molar-refractivity contribution in [3.05, 3.63) is 22.0 Å². The third-order valence-electron chi connectivity index (χ3n) is 3.47. The zero-order valence-corrected chi connectivity index (χ0v) is 16.3. The maximum absolute atomic E-state index is 12.0. The summed E-state index contributed by atoms with van der Waals surface area (Å²) >= 11 is 0. The second-order valence-corrected chi connectivity index (χ2v) is 7.00. The number of esters is 2. The Morgan fingerprint density at radius 1 is 1.15 bits per heavy atom. The first kappa shape index (κ1) is 22.5. The lowest BCUT2D eigenvalue weighted by atomic mass is 9.97. The molecule has 0 fully saturated rings. The van der Waals surface area contributed by atoms with Crippen LogP contribution in [-0.4, -0.2) is 30.3 Å². The van der Waals surface area contributed by atoms with Crippen molar-refractivity contribution < 1.29 is 33.3 Å². The van der Waals surface area contributed by atoms with E-state index in [0.29, 0.717) is 32.3 Å². The molecule has 8 nitrogen and oxygen atoms in total. The van der Waals surface area contributed by atoms with Crippen molar-refractivity contribution in [2.24, 2.45) is 5.41 Å². The van der Waals surface area contributed by atoms with Crippen LogP contribution in [0.25, 0.3) is 0 Å². The van der Waals surface area contributed by atoms with Crippen LogP contribution in [0.1, 0.15) is 59.1 Å². The molecule has 27 heavy (non-hydrogen) atoms. The van der Waals surface area contributed by atoms with Crippen LogP contribution in [0.3, 0.4) is 0 Å². The van der Waals surface area contributed by atoms with Gasteiger partial charge in [-0.1, -0.05) is 0 Å². The monoisotopic (exact) mass is 384 g/mol. The molecule has 1 heterocycles. The second-order valence-electron chi connectivity index (χ2n) is 7.00. The number of unbranched alkanes of at least 4 members (excludes halogenated alkanes) is 2. The lowest BCUT2D eigenvalue weighted by molar-refractivity contribution is -0.155. The minimum atomic E-state index is -0.682. The summed E-state index contributed by atoms with van der Waals surface area (Å²) in [6.45, 7) is 7.16. The molecule has 0 atom stereocenters. The number of aromatic hydroxyl groups is 1. The van der Waals surface area contributed by atoms with Crippen LogP contribution in [0, 0.1) is 5.41 Å². The molecule has 0 amide bonds. The zero-order valence-electron chi connectivity index (χ0n) is 16.3. The van der Waals surface area contributed by atoms with E-state index in [1.165, 1.54) is 0 Å². The molecule has 0 aromatic carbocycles. The molecule has 0 saturated heterocycles. The summed E-state index contributed by atoms with van der Waals surface area (Å²) in [5.74, 6) is -1.61. The molecule has 1 N–H and O–H groups in total. The van der Waals surface area contributed by atoms with Gasteiger partial charge < -0.3 is 23.7 Å². The van der Waals surface area contributed by atoms with Gasteiger partial charge in [0.1, 0.15) is 12.4 Å². The van der Waals surface area contributed by atoms with Crippen molar-refractivity contribution in [1.82, 2.24) is 0 Å². The summed E-state index contributed by atoms with van der Waals surface area (Å²) in [6, 6.07) is 1.12. The highest BCUT2D eigenvalue weighted by molar-refractivity contribution is 5.75. The molecule has 0 saturated carbocycles. The maximum atomic E-state index is 12.0. The fourth-order valence-corrected chi connectivity index (χ4v) is 2.03. The summed E-state index contributed by atoms with van der Waals surface area (Å²) in [5.41, 5.74) is -1.24. The number of carbonyl (C=O) groups excluding carboxylic acids is 2. The van der Waals surface area contributed by atoms with Crippen molar-refractivity contribution in [3.8, 4) is 11.7 Å². The lowest BCUT2D eigenvalue weighted by Crippen LogP contribution is -2.23. The number of ether oxygens (including phenoxy) is 3. The van der Waals surface area contributed by atoms with Gasteiger partial charge in [0.15, 0.2) is 0 Å². The molecule has 152 valence electrons. The summed E-state index contributed by atoms with van der Waals surface area (Å²) in [5, 5.41) is 9.84. The van der Waals surface area contributed by atoms with Gasteiger partial charge in [-0.25, -0.2) is 0 Å². The average molecular weight is 384 g/mol. The molecule has 1 rings (SSSR count). The molecule has 0 aliphatic carbocycles. The van der Waals surface area contributed by atoms with Crippen LogP contribution >= 0.6 is 0 Å². The van der Waals surface area contributed by atoms with Gasteiger partial charge in [0.2, 0.25) is 11.2 Å². The Bertz CT molecular complexity index is 684. The number of rotatable bonds is 10. The van der Waals surface area contributed by atoms with Gasteiger partial charge in [0, 0.05) is 12.5 Å². The predicted octanol–water partition coefficient (Wildman–Crippen LogP) is 2.94. The molecule has 1 aromatic rings. The van der Waals surface area contributed by atoms with Crippen molar-refractivity contribution in [1.29, 1.82) is 0 Å². The number of carbonyl (C=O) groups is 2. The van der Waals surface area contributed by atoms with Gasteiger partial charge in [-0.15, -0.1) is 0 Å². The third kappa shape index (κ3) is 8.15. The van der Waals surface area contributed by atoms with E-state index in [4.69, 9.17) is 18.6 Å². The predicted molar refractivity (Wildman–Crippen MR) is 96.5 cm³/mol. The topological polar surface area (TPSA) is 112 Å². The minimum Gasteiger partial charge on any atom is -0.484 e. The van der Waals surface area contributed by atoms with Crippen molar-refractivity contribution in [3.63, 3.8) is 0 Å². The van der Waals surface area contributed by atoms with Crippen molar-refractivity contribution in [2.45, 2.75) is 60.0 Å². The highest BCUT2D eigenvalue weighted by Gasteiger charge is 2.23. The molecule has 0 radical (unpaired) electrons. The minimum absolute atomic E-state index is 0.0249. The average Bonchev–Trinajstić information content (AvgIpc) is 2.57. The summed E-state index contributed by atoms with van der Waals surface area (Å²) in [6.07, 6.45) is 2.30. The first-order valence-electron chi connectivity index (χ1n) is 8.96. The van der Waals surface area contributed by atoms with E-state index >= 15 is 0 Å². The van der Waals surface area contributed by atoms with Crippen LogP contribution in [0.5, 0.6) is 11.7 Å². The summed E-state index contributed by atoms with van der Waals surface area (Å²) in [7, 11) is 0. The molecule has 8 heteroatoms. The molecular formula is C19H28O8. The van der Waals surface area contributed by atoms with E-state index in [-0.39, 0.29) is 30.7 Å². The van der Waals surface area contributed by atoms with E-state index in [1.807, 2.05) is 0 Å². The molecule has 0 aliphatic heterocycles. The van der Waals surface area contributed by atoms with Crippen molar-refractivity contribution >= 4 is 11.9 Å². The fraction of sp³-hybridized carbons (Fsp3) is 0.632. The van der Waals surface area contributed by atoms with Gasteiger partial charge in [-0.05, 0) is 47.0 Å². The quantitative estimate of drug-likeness (QED) is 0.484. The van der Waals surface area contributed by atoms with Crippen LogP contribution in [0.2, 0.25) is 0 Å². The summed E-state index contributed by atoms with van der Waals surface area (Å²) < 4.78 is 20.2. The van der Waals surface area contributed by atoms with E-state index < -0.39 is 22.8 Å². The van der Waals surface area contributed by atoms with E-state index in [0.717, 1.165) is 6.07 Å². The normalized spacial score (nSPS) is 11.1. The maximum Gasteiger partial charge on any atom is 0.330 e. The molecule has 0 unspecified atom stereocenters. The lowest BCUT2D eigenvalue weighted by Gasteiger charge is -2.16. The third-order valence-corrected chi connectivity index (χ3v) is 3.47. The number of hydrogen-bond acceptors (Lipinski definition) is 8. The van der Waals surface area contributed by atoms with Gasteiger partial charge >= 0.3 is 17.9 Å². The summed E-state index contributed by atoms with van der Waals surface area (Å²) in [4.78, 5) is 35.0. The Labute approximate surface area is 158 Å². The first-order valence-corrected chi connectivity index (χ1v) is 8.96. The SMILES string of the molecule is CCOC(=O)CCCCCOc1c(O)oc(COC(=O)C(C)(C)C)cc1=O. The van der Waals surface area contributed by atoms with Gasteiger partial charge in [0.25, 0.3) is 0 Å². The van der Waals surface area contributed by atoms with E-state index in [2.05, 4.69) is 0 Å². The largest absolute Gasteiger partial charge is 0.484 e. The molecule has 0 spiro atoms. The molecule has 0 bridgehead atoms.